The molecule has 0 saturated heterocycles. The highest BCUT2D eigenvalue weighted by Crippen LogP contribution is 2.24. The van der Waals surface area contributed by atoms with Crippen LogP contribution in [0.1, 0.15) is 51.8 Å². The molecule has 4 aromatic carbocycles. The number of nitrogens with one attached hydrogen (secondary N) is 6. The summed E-state index contributed by atoms with van der Waals surface area (Å²) in [6.07, 6.45) is 5.14. The third-order valence-electron chi connectivity index (χ3n) is 9.47. The standard InChI is InChI=1S/C13H17N3.C11H15N3.C10H13N3.C9H13N3/c1-2-4-11-9-12(6-5-10(11)3-1)16-13-14-7-8-15-13;1-8-3-4-10(7-9(8)2)14-11-12-5-6-13-11;1-8-2-4-9(5-3-8)13-10-11-6-7-12-10;1-6-3-4-8(5-7(6)2)12-9(10)11/h5-6,9H,1-4,7-8H2,(H2,14,15,16);3-4,7H,5-6H2,1-2H3,(H2,12,13,14);2-5H,6-7H2,1H3,(H2,11,12,13);3-5H,1-2H3,(H4,10,11,12). The first-order chi connectivity index (χ1) is 26.6. The van der Waals surface area contributed by atoms with Crippen molar-refractivity contribution in [3.63, 3.8) is 0 Å². The zero-order chi connectivity index (χ0) is 39.0. The van der Waals surface area contributed by atoms with Crippen LogP contribution >= 0.6 is 0 Å². The number of benzene rings is 4. The lowest BCUT2D eigenvalue weighted by Crippen LogP contribution is -2.26. The summed E-state index contributed by atoms with van der Waals surface area (Å²) in [4.78, 5) is 16.8. The fourth-order valence-electron chi connectivity index (χ4n) is 6.07. The van der Waals surface area contributed by atoms with E-state index in [9.17, 15) is 0 Å². The minimum absolute atomic E-state index is 0.0956. The second kappa shape index (κ2) is 20.4. The van der Waals surface area contributed by atoms with Crippen molar-refractivity contribution in [1.82, 2.24) is 16.0 Å². The minimum atomic E-state index is 0.0956. The molecule has 3 aliphatic heterocycles. The Morgan fingerprint density at radius 1 is 0.527 bits per heavy atom. The van der Waals surface area contributed by atoms with Crippen LogP contribution in [-0.2, 0) is 12.8 Å². The fourth-order valence-corrected chi connectivity index (χ4v) is 6.07. The lowest BCUT2D eigenvalue weighted by atomic mass is 9.91. The van der Waals surface area contributed by atoms with Crippen molar-refractivity contribution in [3.05, 3.63) is 118 Å². The van der Waals surface area contributed by atoms with E-state index >= 15 is 0 Å². The van der Waals surface area contributed by atoms with Gasteiger partial charge < -0.3 is 43.4 Å². The topological polar surface area (TPSA) is 174 Å². The highest BCUT2D eigenvalue weighted by atomic mass is 15.2. The molecule has 8 rings (SSSR count). The van der Waals surface area contributed by atoms with E-state index in [1.807, 2.05) is 25.1 Å². The second-order valence-corrected chi connectivity index (χ2v) is 14.0. The minimum Gasteiger partial charge on any atom is -0.370 e. The summed E-state index contributed by atoms with van der Waals surface area (Å²) in [6, 6.07) is 27.1. The Kier molecular flexibility index (Phi) is 14.9. The second-order valence-electron chi connectivity index (χ2n) is 14.0. The predicted octanol–water partition coefficient (Wildman–Crippen LogP) is 6.19. The smallest absolute Gasteiger partial charge is 0.195 e. The number of rotatable bonds is 4. The van der Waals surface area contributed by atoms with Crippen LogP contribution in [0.5, 0.6) is 0 Å². The van der Waals surface area contributed by atoms with Gasteiger partial charge in [0, 0.05) is 36.7 Å². The Labute approximate surface area is 326 Å². The Bertz CT molecular complexity index is 1990. The van der Waals surface area contributed by atoms with Gasteiger partial charge >= 0.3 is 0 Å². The number of aliphatic imine (C=N–C) groups is 4. The van der Waals surface area contributed by atoms with Gasteiger partial charge in [-0.15, -0.1) is 0 Å². The van der Waals surface area contributed by atoms with Crippen molar-refractivity contribution >= 4 is 46.6 Å². The predicted molar refractivity (Wildman–Crippen MR) is 233 cm³/mol. The van der Waals surface area contributed by atoms with Crippen LogP contribution in [0.4, 0.5) is 22.7 Å². The maximum Gasteiger partial charge on any atom is 0.195 e. The molecule has 10 N–H and O–H groups in total. The summed E-state index contributed by atoms with van der Waals surface area (Å²) >= 11 is 0. The molecule has 0 radical (unpaired) electrons. The largest absolute Gasteiger partial charge is 0.370 e. The molecule has 0 fully saturated rings. The lowest BCUT2D eigenvalue weighted by Gasteiger charge is -2.17. The molecule has 55 heavy (non-hydrogen) atoms. The monoisotopic (exact) mass is 742 g/mol. The van der Waals surface area contributed by atoms with Crippen LogP contribution < -0.4 is 43.4 Å². The molecule has 12 heteroatoms. The molecular formula is C43H58N12. The fraction of sp³-hybridized carbons (Fsp3) is 0.349. The van der Waals surface area contributed by atoms with Gasteiger partial charge in [0.05, 0.1) is 25.3 Å². The van der Waals surface area contributed by atoms with Crippen LogP contribution in [0.3, 0.4) is 0 Å². The number of fused-ring (bicyclic) bond motifs is 1. The number of nitrogens with zero attached hydrogens (tertiary/aromatic N) is 4. The summed E-state index contributed by atoms with van der Waals surface area (Å²) in [5.74, 6) is 2.77. The summed E-state index contributed by atoms with van der Waals surface area (Å²) in [7, 11) is 0. The molecule has 0 amide bonds. The van der Waals surface area contributed by atoms with Gasteiger partial charge in [-0.25, -0.2) is 4.99 Å². The van der Waals surface area contributed by atoms with E-state index in [1.165, 1.54) is 64.6 Å². The normalized spacial score (nSPS) is 14.8. The summed E-state index contributed by atoms with van der Waals surface area (Å²) < 4.78 is 0. The van der Waals surface area contributed by atoms with E-state index in [0.29, 0.717) is 0 Å². The summed E-state index contributed by atoms with van der Waals surface area (Å²) in [6.45, 7) is 15.8. The first-order valence-electron chi connectivity index (χ1n) is 19.2. The van der Waals surface area contributed by atoms with Crippen LogP contribution in [-0.4, -0.2) is 63.1 Å². The zero-order valence-electron chi connectivity index (χ0n) is 33.0. The molecule has 0 spiro atoms. The van der Waals surface area contributed by atoms with Gasteiger partial charge in [0.15, 0.2) is 23.8 Å². The lowest BCUT2D eigenvalue weighted by molar-refractivity contribution is 0.686. The van der Waals surface area contributed by atoms with E-state index in [4.69, 9.17) is 11.5 Å². The van der Waals surface area contributed by atoms with Gasteiger partial charge in [0.1, 0.15) is 0 Å². The Morgan fingerprint density at radius 2 is 1.00 bits per heavy atom. The van der Waals surface area contributed by atoms with Crippen LogP contribution in [0.2, 0.25) is 0 Å². The van der Waals surface area contributed by atoms with Gasteiger partial charge in [0.25, 0.3) is 0 Å². The molecule has 0 unspecified atom stereocenters. The van der Waals surface area contributed by atoms with Crippen molar-refractivity contribution in [2.75, 3.05) is 55.2 Å². The highest BCUT2D eigenvalue weighted by molar-refractivity contribution is 5.95. The molecule has 290 valence electrons. The first-order valence-corrected chi connectivity index (χ1v) is 19.2. The molecule has 0 atom stereocenters. The molecule has 1 aliphatic carbocycles. The molecule has 0 aromatic heterocycles. The number of aryl methyl sites for hydroxylation is 7. The maximum atomic E-state index is 5.24. The molecule has 0 bridgehead atoms. The van der Waals surface area contributed by atoms with Gasteiger partial charge in [-0.2, -0.15) is 0 Å². The Balaban J connectivity index is 0.000000142. The van der Waals surface area contributed by atoms with Gasteiger partial charge in [-0.05, 0) is 142 Å². The average Bonchev–Trinajstić information content (AvgIpc) is 3.99. The molecule has 4 aromatic rings. The number of hydrogen-bond donors (Lipinski definition) is 8. The average molecular weight is 743 g/mol. The zero-order valence-corrected chi connectivity index (χ0v) is 33.0. The third kappa shape index (κ3) is 13.4. The van der Waals surface area contributed by atoms with E-state index in [2.05, 4.69) is 140 Å². The van der Waals surface area contributed by atoms with Crippen molar-refractivity contribution < 1.29 is 0 Å². The Hall–Kier alpha value is -6.04. The van der Waals surface area contributed by atoms with E-state index in [0.717, 1.165) is 79.9 Å². The van der Waals surface area contributed by atoms with Crippen LogP contribution in [0, 0.1) is 34.6 Å². The third-order valence-corrected chi connectivity index (χ3v) is 9.47. The number of guanidine groups is 4. The van der Waals surface area contributed by atoms with Crippen molar-refractivity contribution in [2.45, 2.75) is 60.3 Å². The molecule has 0 saturated carbocycles. The van der Waals surface area contributed by atoms with Crippen molar-refractivity contribution in [3.8, 4) is 0 Å². The highest BCUT2D eigenvalue weighted by Gasteiger charge is 2.11. The van der Waals surface area contributed by atoms with Gasteiger partial charge in [-0.1, -0.05) is 35.9 Å². The van der Waals surface area contributed by atoms with E-state index in [1.54, 1.807) is 0 Å². The number of nitrogens with two attached hydrogens (primary N) is 2. The first kappa shape index (κ1) is 40.2. The van der Waals surface area contributed by atoms with Crippen LogP contribution in [0.25, 0.3) is 0 Å². The van der Waals surface area contributed by atoms with Gasteiger partial charge in [-0.3, -0.25) is 15.0 Å². The SMILES string of the molecule is Cc1ccc(N=C(N)N)cc1C.Cc1ccc(NC2=NCCN2)cc1.Cc1ccc(NC2=NCCN2)cc1C.c1cc2c(cc1NC1=NCCN1)CCCC2. The van der Waals surface area contributed by atoms with E-state index < -0.39 is 0 Å². The summed E-state index contributed by atoms with van der Waals surface area (Å²) in [5, 5.41) is 19.3. The van der Waals surface area contributed by atoms with E-state index in [-0.39, 0.29) is 5.96 Å². The molecule has 3 heterocycles. The Morgan fingerprint density at radius 3 is 1.51 bits per heavy atom. The molecular weight excluding hydrogens is 685 g/mol. The molecule has 4 aliphatic rings. The maximum absolute atomic E-state index is 5.24. The van der Waals surface area contributed by atoms with Crippen molar-refractivity contribution in [2.24, 2.45) is 31.4 Å². The quantitative estimate of drug-likeness (QED) is 0.0904. The van der Waals surface area contributed by atoms with Gasteiger partial charge in [0.2, 0.25) is 0 Å². The molecule has 12 nitrogen and oxygen atoms in total. The summed E-state index contributed by atoms with van der Waals surface area (Å²) in [5.41, 5.74) is 24.0. The number of anilines is 3. The number of hydrogen-bond acceptors (Lipinski definition) is 10. The van der Waals surface area contributed by atoms with Crippen LogP contribution in [0.15, 0.2) is 98.8 Å². The van der Waals surface area contributed by atoms with Crippen molar-refractivity contribution in [1.29, 1.82) is 0 Å².